The summed E-state index contributed by atoms with van der Waals surface area (Å²) in [6, 6.07) is 0.453. The van der Waals surface area contributed by atoms with Crippen LogP contribution in [0.5, 0.6) is 0 Å². The van der Waals surface area contributed by atoms with E-state index in [9.17, 15) is 0 Å². The van der Waals surface area contributed by atoms with Crippen molar-refractivity contribution in [1.29, 1.82) is 0 Å². The van der Waals surface area contributed by atoms with E-state index in [1.54, 1.807) is 11.8 Å². The highest BCUT2D eigenvalue weighted by Gasteiger charge is 2.10. The van der Waals surface area contributed by atoms with E-state index in [1.165, 1.54) is 0 Å². The number of nitrogens with zero attached hydrogens (tertiary/aromatic N) is 3. The van der Waals surface area contributed by atoms with Crippen LogP contribution in [0.2, 0.25) is 0 Å². The minimum atomic E-state index is 0.453. The third-order valence-corrected chi connectivity index (χ3v) is 2.45. The van der Waals surface area contributed by atoms with E-state index < -0.39 is 0 Å². The molecule has 68 valence electrons. The SMILES string of the molecule is CCSc1nnc(C)n1C(C)C. The van der Waals surface area contributed by atoms with E-state index in [0.717, 1.165) is 16.7 Å². The summed E-state index contributed by atoms with van der Waals surface area (Å²) in [5, 5.41) is 9.18. The first-order valence-electron chi connectivity index (χ1n) is 4.21. The van der Waals surface area contributed by atoms with Gasteiger partial charge in [-0.2, -0.15) is 0 Å². The summed E-state index contributed by atoms with van der Waals surface area (Å²) < 4.78 is 2.16. The van der Waals surface area contributed by atoms with E-state index in [2.05, 4.69) is 35.5 Å². The second-order valence-electron chi connectivity index (χ2n) is 2.93. The van der Waals surface area contributed by atoms with Gasteiger partial charge in [-0.1, -0.05) is 18.7 Å². The predicted octanol–water partition coefficient (Wildman–Crippen LogP) is 2.28. The predicted molar refractivity (Wildman–Crippen MR) is 51.5 cm³/mol. The minimum Gasteiger partial charge on any atom is -0.304 e. The van der Waals surface area contributed by atoms with Gasteiger partial charge < -0.3 is 4.57 Å². The Bertz CT molecular complexity index is 255. The molecule has 0 radical (unpaired) electrons. The molecule has 3 nitrogen and oxygen atoms in total. The molecule has 0 bridgehead atoms. The largest absolute Gasteiger partial charge is 0.304 e. The Kier molecular flexibility index (Phi) is 3.14. The molecule has 0 aromatic carbocycles. The van der Waals surface area contributed by atoms with Gasteiger partial charge in [-0.05, 0) is 26.5 Å². The molecule has 1 aromatic heterocycles. The number of hydrogen-bond donors (Lipinski definition) is 0. The molecular weight excluding hydrogens is 170 g/mol. The van der Waals surface area contributed by atoms with Gasteiger partial charge in [-0.15, -0.1) is 10.2 Å². The van der Waals surface area contributed by atoms with Crippen LogP contribution in [0.3, 0.4) is 0 Å². The standard InChI is InChI=1S/C8H15N3S/c1-5-12-8-10-9-7(4)11(8)6(2)3/h6H,5H2,1-4H3. The average Bonchev–Trinajstić information content (AvgIpc) is 2.32. The average molecular weight is 185 g/mol. The number of hydrogen-bond acceptors (Lipinski definition) is 3. The summed E-state index contributed by atoms with van der Waals surface area (Å²) in [6.45, 7) is 8.41. The molecule has 0 aliphatic carbocycles. The first-order valence-corrected chi connectivity index (χ1v) is 5.19. The summed E-state index contributed by atoms with van der Waals surface area (Å²) in [7, 11) is 0. The Morgan fingerprint density at radius 2 is 2.08 bits per heavy atom. The van der Waals surface area contributed by atoms with Crippen LogP contribution in [-0.4, -0.2) is 20.5 Å². The van der Waals surface area contributed by atoms with Crippen molar-refractivity contribution in [2.75, 3.05) is 5.75 Å². The van der Waals surface area contributed by atoms with Crippen molar-refractivity contribution < 1.29 is 0 Å². The zero-order valence-electron chi connectivity index (χ0n) is 8.03. The lowest BCUT2D eigenvalue weighted by Crippen LogP contribution is -2.04. The van der Waals surface area contributed by atoms with Gasteiger partial charge in [0.25, 0.3) is 0 Å². The third-order valence-electron chi connectivity index (χ3n) is 1.62. The molecule has 1 aromatic rings. The van der Waals surface area contributed by atoms with Crippen LogP contribution in [0, 0.1) is 6.92 Å². The molecule has 0 N–H and O–H groups in total. The molecule has 0 saturated carbocycles. The Morgan fingerprint density at radius 1 is 1.42 bits per heavy atom. The van der Waals surface area contributed by atoms with Crippen LogP contribution >= 0.6 is 11.8 Å². The lowest BCUT2D eigenvalue weighted by molar-refractivity contribution is 0.536. The lowest BCUT2D eigenvalue weighted by Gasteiger charge is -2.10. The van der Waals surface area contributed by atoms with Crippen molar-refractivity contribution in [2.24, 2.45) is 0 Å². The molecule has 0 unspecified atom stereocenters. The number of thioether (sulfide) groups is 1. The molecule has 4 heteroatoms. The van der Waals surface area contributed by atoms with Crippen LogP contribution in [0.25, 0.3) is 0 Å². The van der Waals surface area contributed by atoms with Gasteiger partial charge >= 0.3 is 0 Å². The summed E-state index contributed by atoms with van der Waals surface area (Å²) >= 11 is 1.74. The van der Waals surface area contributed by atoms with Crippen molar-refractivity contribution >= 4 is 11.8 Å². The molecular formula is C8H15N3S. The van der Waals surface area contributed by atoms with Gasteiger partial charge in [-0.3, -0.25) is 0 Å². The fourth-order valence-corrected chi connectivity index (χ4v) is 2.01. The second kappa shape index (κ2) is 3.94. The van der Waals surface area contributed by atoms with Gasteiger partial charge in [-0.25, -0.2) is 0 Å². The molecule has 12 heavy (non-hydrogen) atoms. The van der Waals surface area contributed by atoms with Crippen LogP contribution in [-0.2, 0) is 0 Å². The molecule has 0 fully saturated rings. The highest BCUT2D eigenvalue weighted by atomic mass is 32.2. The molecule has 1 rings (SSSR count). The van der Waals surface area contributed by atoms with Gasteiger partial charge in [0.2, 0.25) is 0 Å². The lowest BCUT2D eigenvalue weighted by atomic mass is 10.4. The first kappa shape index (κ1) is 9.58. The maximum Gasteiger partial charge on any atom is 0.191 e. The summed E-state index contributed by atoms with van der Waals surface area (Å²) in [5.41, 5.74) is 0. The molecule has 1 heterocycles. The Hall–Kier alpha value is -0.510. The van der Waals surface area contributed by atoms with Crippen molar-refractivity contribution in [1.82, 2.24) is 14.8 Å². The van der Waals surface area contributed by atoms with Gasteiger partial charge in [0.1, 0.15) is 5.82 Å². The maximum absolute atomic E-state index is 4.10. The molecule has 0 spiro atoms. The first-order chi connectivity index (χ1) is 5.66. The normalized spacial score (nSPS) is 11.1. The van der Waals surface area contributed by atoms with E-state index in [4.69, 9.17) is 0 Å². The fraction of sp³-hybridized carbons (Fsp3) is 0.750. The Balaban J connectivity index is 2.95. The van der Waals surface area contributed by atoms with Gasteiger partial charge in [0.05, 0.1) is 0 Å². The molecule has 0 atom stereocenters. The highest BCUT2D eigenvalue weighted by molar-refractivity contribution is 7.99. The number of rotatable bonds is 3. The Labute approximate surface area is 77.6 Å². The van der Waals surface area contributed by atoms with Crippen molar-refractivity contribution in [3.8, 4) is 0 Å². The zero-order chi connectivity index (χ0) is 9.14. The zero-order valence-corrected chi connectivity index (χ0v) is 8.85. The molecule has 0 amide bonds. The minimum absolute atomic E-state index is 0.453. The summed E-state index contributed by atoms with van der Waals surface area (Å²) in [5.74, 6) is 2.05. The topological polar surface area (TPSA) is 30.7 Å². The van der Waals surface area contributed by atoms with Gasteiger partial charge in [0.15, 0.2) is 5.16 Å². The quantitative estimate of drug-likeness (QED) is 0.677. The second-order valence-corrected chi connectivity index (χ2v) is 4.16. The van der Waals surface area contributed by atoms with E-state index in [-0.39, 0.29) is 0 Å². The Morgan fingerprint density at radius 3 is 2.58 bits per heavy atom. The van der Waals surface area contributed by atoms with Crippen molar-refractivity contribution in [3.05, 3.63) is 5.82 Å². The third kappa shape index (κ3) is 1.80. The number of aryl methyl sites for hydroxylation is 1. The maximum atomic E-state index is 4.10. The van der Waals surface area contributed by atoms with Crippen LogP contribution < -0.4 is 0 Å². The molecule has 0 aliphatic heterocycles. The van der Waals surface area contributed by atoms with Crippen LogP contribution in [0.15, 0.2) is 5.16 Å². The smallest absolute Gasteiger partial charge is 0.191 e. The van der Waals surface area contributed by atoms with E-state index in [0.29, 0.717) is 6.04 Å². The van der Waals surface area contributed by atoms with E-state index in [1.807, 2.05) is 6.92 Å². The number of aromatic nitrogens is 3. The fourth-order valence-electron chi connectivity index (χ4n) is 1.17. The van der Waals surface area contributed by atoms with Gasteiger partial charge in [0, 0.05) is 6.04 Å². The summed E-state index contributed by atoms with van der Waals surface area (Å²) in [6.07, 6.45) is 0. The highest BCUT2D eigenvalue weighted by Crippen LogP contribution is 2.20. The molecule has 0 saturated heterocycles. The van der Waals surface area contributed by atoms with Crippen LogP contribution in [0.1, 0.15) is 32.6 Å². The van der Waals surface area contributed by atoms with E-state index >= 15 is 0 Å². The summed E-state index contributed by atoms with van der Waals surface area (Å²) in [4.78, 5) is 0. The van der Waals surface area contributed by atoms with Crippen molar-refractivity contribution in [3.63, 3.8) is 0 Å². The van der Waals surface area contributed by atoms with Crippen molar-refractivity contribution in [2.45, 2.75) is 38.9 Å². The van der Waals surface area contributed by atoms with Crippen LogP contribution in [0.4, 0.5) is 0 Å². The monoisotopic (exact) mass is 185 g/mol. The molecule has 0 aliphatic rings.